The summed E-state index contributed by atoms with van der Waals surface area (Å²) in [5, 5.41) is 0. The Bertz CT molecular complexity index is 458. The molecule has 2 aromatic rings. The Hall–Kier alpha value is -1.58. The number of nitrogens with two attached hydrogens (primary N) is 1. The van der Waals surface area contributed by atoms with Crippen molar-refractivity contribution in [3.63, 3.8) is 0 Å². The lowest BCUT2D eigenvalue weighted by Gasteiger charge is -1.99. The van der Waals surface area contributed by atoms with Crippen LogP contribution in [-0.2, 0) is 6.42 Å². The SMILES string of the molecule is CCCc1nc(C)n2ccnc(N)c12. The number of nitrogen functional groups attached to an aromatic ring is 1. The fourth-order valence-corrected chi connectivity index (χ4v) is 1.71. The smallest absolute Gasteiger partial charge is 0.149 e. The predicted octanol–water partition coefficient (Wildman–Crippen LogP) is 1.57. The van der Waals surface area contributed by atoms with Gasteiger partial charge < -0.3 is 5.73 Å². The van der Waals surface area contributed by atoms with E-state index in [0.29, 0.717) is 5.82 Å². The van der Waals surface area contributed by atoms with Gasteiger partial charge >= 0.3 is 0 Å². The number of aryl methyl sites for hydroxylation is 2. The third-order valence-corrected chi connectivity index (χ3v) is 2.32. The predicted molar refractivity (Wildman–Crippen MR) is 56.1 cm³/mol. The van der Waals surface area contributed by atoms with Crippen molar-refractivity contribution in [1.82, 2.24) is 14.4 Å². The number of aromatic nitrogens is 3. The zero-order chi connectivity index (χ0) is 10.1. The summed E-state index contributed by atoms with van der Waals surface area (Å²) in [6.45, 7) is 4.11. The average molecular weight is 190 g/mol. The van der Waals surface area contributed by atoms with Gasteiger partial charge in [-0.25, -0.2) is 9.97 Å². The van der Waals surface area contributed by atoms with Gasteiger partial charge in [-0.05, 0) is 13.3 Å². The molecule has 0 amide bonds. The summed E-state index contributed by atoms with van der Waals surface area (Å²) in [6, 6.07) is 0. The van der Waals surface area contributed by atoms with E-state index < -0.39 is 0 Å². The number of fused-ring (bicyclic) bond motifs is 1. The lowest BCUT2D eigenvalue weighted by molar-refractivity contribution is 0.893. The first kappa shape index (κ1) is 8.99. The maximum atomic E-state index is 5.83. The van der Waals surface area contributed by atoms with Crippen LogP contribution >= 0.6 is 0 Å². The van der Waals surface area contributed by atoms with Gasteiger partial charge in [-0.2, -0.15) is 0 Å². The van der Waals surface area contributed by atoms with Gasteiger partial charge in [0, 0.05) is 12.4 Å². The van der Waals surface area contributed by atoms with Gasteiger partial charge in [0.1, 0.15) is 17.2 Å². The van der Waals surface area contributed by atoms with Crippen LogP contribution in [0.1, 0.15) is 24.9 Å². The Balaban J connectivity index is 2.72. The van der Waals surface area contributed by atoms with Gasteiger partial charge in [-0.15, -0.1) is 0 Å². The van der Waals surface area contributed by atoms with Crippen molar-refractivity contribution in [1.29, 1.82) is 0 Å². The number of hydrogen-bond donors (Lipinski definition) is 1. The number of nitrogens with zero attached hydrogens (tertiary/aromatic N) is 3. The summed E-state index contributed by atoms with van der Waals surface area (Å²) in [5.74, 6) is 1.54. The highest BCUT2D eigenvalue weighted by molar-refractivity contribution is 5.69. The molecule has 0 aliphatic heterocycles. The second-order valence-electron chi connectivity index (χ2n) is 3.39. The molecule has 14 heavy (non-hydrogen) atoms. The van der Waals surface area contributed by atoms with Gasteiger partial charge in [-0.1, -0.05) is 13.3 Å². The Morgan fingerprint density at radius 1 is 1.50 bits per heavy atom. The summed E-state index contributed by atoms with van der Waals surface area (Å²) in [5.41, 5.74) is 7.84. The lowest BCUT2D eigenvalue weighted by atomic mass is 10.2. The van der Waals surface area contributed by atoms with E-state index in [2.05, 4.69) is 16.9 Å². The fraction of sp³-hybridized carbons (Fsp3) is 0.400. The van der Waals surface area contributed by atoms with Crippen LogP contribution < -0.4 is 5.73 Å². The van der Waals surface area contributed by atoms with Crippen molar-refractivity contribution in [2.75, 3.05) is 5.73 Å². The Morgan fingerprint density at radius 3 is 3.00 bits per heavy atom. The van der Waals surface area contributed by atoms with Gasteiger partial charge in [0.05, 0.1) is 5.69 Å². The summed E-state index contributed by atoms with van der Waals surface area (Å²) in [4.78, 5) is 8.56. The standard InChI is InChI=1S/C10H14N4/c1-3-4-8-9-10(11)12-5-6-14(9)7(2)13-8/h5-6H,3-4H2,1-2H3,(H2,11,12). The van der Waals surface area contributed by atoms with E-state index in [9.17, 15) is 0 Å². The average Bonchev–Trinajstić information content (AvgIpc) is 2.46. The molecule has 0 saturated carbocycles. The molecule has 0 fully saturated rings. The first-order valence-corrected chi connectivity index (χ1v) is 4.82. The van der Waals surface area contributed by atoms with Crippen molar-refractivity contribution in [2.45, 2.75) is 26.7 Å². The molecule has 2 heterocycles. The molecular formula is C10H14N4. The van der Waals surface area contributed by atoms with E-state index in [1.165, 1.54) is 0 Å². The van der Waals surface area contributed by atoms with Gasteiger partial charge in [0.2, 0.25) is 0 Å². The summed E-state index contributed by atoms with van der Waals surface area (Å²) < 4.78 is 1.99. The largest absolute Gasteiger partial charge is 0.382 e. The minimum atomic E-state index is 0.566. The molecule has 0 spiro atoms. The van der Waals surface area contributed by atoms with Crippen LogP contribution in [-0.4, -0.2) is 14.4 Å². The van der Waals surface area contributed by atoms with E-state index in [0.717, 1.165) is 29.9 Å². The molecule has 74 valence electrons. The molecule has 0 aromatic carbocycles. The monoisotopic (exact) mass is 190 g/mol. The Morgan fingerprint density at radius 2 is 2.29 bits per heavy atom. The number of hydrogen-bond acceptors (Lipinski definition) is 3. The van der Waals surface area contributed by atoms with Gasteiger partial charge in [0.15, 0.2) is 0 Å². The van der Waals surface area contributed by atoms with E-state index in [4.69, 9.17) is 5.73 Å². The Kier molecular flexibility index (Phi) is 2.11. The van der Waals surface area contributed by atoms with Crippen LogP contribution in [0.3, 0.4) is 0 Å². The summed E-state index contributed by atoms with van der Waals surface area (Å²) in [7, 11) is 0. The molecule has 4 heteroatoms. The first-order chi connectivity index (χ1) is 6.74. The van der Waals surface area contributed by atoms with Crippen molar-refractivity contribution in [3.05, 3.63) is 23.9 Å². The highest BCUT2D eigenvalue weighted by atomic mass is 15.1. The van der Waals surface area contributed by atoms with Crippen LogP contribution in [0, 0.1) is 6.92 Å². The quantitative estimate of drug-likeness (QED) is 0.782. The molecular weight excluding hydrogens is 176 g/mol. The molecule has 0 radical (unpaired) electrons. The van der Waals surface area contributed by atoms with E-state index in [1.807, 2.05) is 17.5 Å². The second-order valence-corrected chi connectivity index (χ2v) is 3.39. The molecule has 0 unspecified atom stereocenters. The van der Waals surface area contributed by atoms with Crippen LogP contribution in [0.5, 0.6) is 0 Å². The van der Waals surface area contributed by atoms with E-state index in [1.54, 1.807) is 6.20 Å². The highest BCUT2D eigenvalue weighted by Gasteiger charge is 2.10. The molecule has 2 rings (SSSR count). The topological polar surface area (TPSA) is 56.2 Å². The zero-order valence-electron chi connectivity index (χ0n) is 8.49. The molecule has 2 aromatic heterocycles. The highest BCUT2D eigenvalue weighted by Crippen LogP contribution is 2.18. The van der Waals surface area contributed by atoms with Crippen LogP contribution in [0.15, 0.2) is 12.4 Å². The van der Waals surface area contributed by atoms with Crippen LogP contribution in [0.25, 0.3) is 5.52 Å². The van der Waals surface area contributed by atoms with Crippen molar-refractivity contribution in [2.24, 2.45) is 0 Å². The summed E-state index contributed by atoms with van der Waals surface area (Å²) >= 11 is 0. The third-order valence-electron chi connectivity index (χ3n) is 2.32. The molecule has 0 aliphatic carbocycles. The molecule has 0 atom stereocenters. The maximum Gasteiger partial charge on any atom is 0.149 e. The molecule has 0 aliphatic rings. The third kappa shape index (κ3) is 1.23. The first-order valence-electron chi connectivity index (χ1n) is 4.82. The Labute approximate surface area is 82.8 Å². The minimum Gasteiger partial charge on any atom is -0.382 e. The normalized spacial score (nSPS) is 11.0. The van der Waals surface area contributed by atoms with Crippen molar-refractivity contribution < 1.29 is 0 Å². The van der Waals surface area contributed by atoms with Crippen molar-refractivity contribution in [3.8, 4) is 0 Å². The van der Waals surface area contributed by atoms with Crippen LogP contribution in [0.2, 0.25) is 0 Å². The molecule has 4 nitrogen and oxygen atoms in total. The van der Waals surface area contributed by atoms with Gasteiger partial charge in [-0.3, -0.25) is 4.40 Å². The number of imidazole rings is 1. The summed E-state index contributed by atoms with van der Waals surface area (Å²) in [6.07, 6.45) is 5.62. The lowest BCUT2D eigenvalue weighted by Crippen LogP contribution is -1.97. The number of rotatable bonds is 2. The fourth-order valence-electron chi connectivity index (χ4n) is 1.71. The number of anilines is 1. The van der Waals surface area contributed by atoms with Gasteiger partial charge in [0.25, 0.3) is 0 Å². The molecule has 2 N–H and O–H groups in total. The van der Waals surface area contributed by atoms with Crippen LogP contribution in [0.4, 0.5) is 5.82 Å². The second kappa shape index (κ2) is 3.29. The molecule has 0 saturated heterocycles. The van der Waals surface area contributed by atoms with E-state index >= 15 is 0 Å². The maximum absolute atomic E-state index is 5.83. The van der Waals surface area contributed by atoms with E-state index in [-0.39, 0.29) is 0 Å². The molecule has 0 bridgehead atoms. The zero-order valence-corrected chi connectivity index (χ0v) is 8.49. The minimum absolute atomic E-state index is 0.566. The van der Waals surface area contributed by atoms with Crippen molar-refractivity contribution >= 4 is 11.3 Å².